The summed E-state index contributed by atoms with van der Waals surface area (Å²) in [5, 5.41) is 13.5. The third-order valence-corrected chi connectivity index (χ3v) is 9.42. The number of H-pyrrole nitrogens is 1. The van der Waals surface area contributed by atoms with Gasteiger partial charge in [0.1, 0.15) is 36.0 Å². The SMILES string of the molecule is COc1ccc(C(O[C@H](CCO)[C@H]2O[C@@H](n3cc(C)c(=O)[nH]c3=O)C[C@@H]2NC(=O)OCc2ccccc2)(c2ccccc2)c2ccc(OC)cc2)cc1. The summed E-state index contributed by atoms with van der Waals surface area (Å²) >= 11 is 0. The molecular formula is C41H43N3O9. The van der Waals surface area contributed by atoms with Crippen LogP contribution in [-0.2, 0) is 26.4 Å². The van der Waals surface area contributed by atoms with E-state index >= 15 is 0 Å². The Labute approximate surface area is 306 Å². The molecule has 0 saturated carbocycles. The second kappa shape index (κ2) is 16.8. The Morgan fingerprint density at radius 2 is 1.45 bits per heavy atom. The lowest BCUT2D eigenvalue weighted by molar-refractivity contribution is -0.138. The lowest BCUT2D eigenvalue weighted by Gasteiger charge is -2.41. The number of aliphatic hydroxyl groups is 1. The molecule has 0 unspecified atom stereocenters. The molecule has 1 aliphatic heterocycles. The van der Waals surface area contributed by atoms with Gasteiger partial charge in [0.25, 0.3) is 5.56 Å². The van der Waals surface area contributed by atoms with Crippen LogP contribution in [0.15, 0.2) is 125 Å². The molecule has 0 spiro atoms. The number of rotatable bonds is 14. The minimum absolute atomic E-state index is 0.0372. The number of methoxy groups -OCH3 is 2. The minimum atomic E-state index is -1.29. The predicted octanol–water partition coefficient (Wildman–Crippen LogP) is 5.20. The van der Waals surface area contributed by atoms with Crippen molar-refractivity contribution in [1.82, 2.24) is 14.9 Å². The smallest absolute Gasteiger partial charge is 0.407 e. The number of nitrogens with zero attached hydrogens (tertiary/aromatic N) is 1. The predicted molar refractivity (Wildman–Crippen MR) is 197 cm³/mol. The number of carbonyl (C=O) groups is 1. The average molecular weight is 722 g/mol. The maximum atomic E-state index is 13.4. The number of aromatic amines is 1. The van der Waals surface area contributed by atoms with Crippen LogP contribution in [0, 0.1) is 6.92 Å². The zero-order valence-corrected chi connectivity index (χ0v) is 29.8. The van der Waals surface area contributed by atoms with Crippen molar-refractivity contribution in [3.63, 3.8) is 0 Å². The van der Waals surface area contributed by atoms with Crippen LogP contribution < -0.4 is 26.0 Å². The van der Waals surface area contributed by atoms with Crippen LogP contribution in [0.2, 0.25) is 0 Å². The van der Waals surface area contributed by atoms with Crippen molar-refractivity contribution in [3.8, 4) is 11.5 Å². The Hall–Kier alpha value is -5.69. The molecule has 1 fully saturated rings. The van der Waals surface area contributed by atoms with E-state index in [0.29, 0.717) is 17.1 Å². The van der Waals surface area contributed by atoms with Crippen LogP contribution >= 0.6 is 0 Å². The molecule has 1 aliphatic rings. The Bertz CT molecular complexity index is 2020. The summed E-state index contributed by atoms with van der Waals surface area (Å²) in [4.78, 5) is 41.0. The zero-order chi connectivity index (χ0) is 37.4. The van der Waals surface area contributed by atoms with Gasteiger partial charge in [0.2, 0.25) is 0 Å². The van der Waals surface area contributed by atoms with E-state index in [4.69, 9.17) is 23.7 Å². The third kappa shape index (κ3) is 8.20. The molecule has 3 N–H and O–H groups in total. The molecule has 1 amide bonds. The average Bonchev–Trinajstić information content (AvgIpc) is 3.61. The molecular weight excluding hydrogens is 678 g/mol. The first-order valence-corrected chi connectivity index (χ1v) is 17.3. The maximum absolute atomic E-state index is 13.4. The summed E-state index contributed by atoms with van der Waals surface area (Å²) in [6.07, 6.45) is -1.73. The van der Waals surface area contributed by atoms with Crippen molar-refractivity contribution < 1.29 is 33.6 Å². The van der Waals surface area contributed by atoms with Crippen molar-refractivity contribution in [2.75, 3.05) is 20.8 Å². The van der Waals surface area contributed by atoms with Crippen LogP contribution in [0.1, 0.15) is 46.9 Å². The van der Waals surface area contributed by atoms with Gasteiger partial charge in [-0.3, -0.25) is 14.3 Å². The van der Waals surface area contributed by atoms with Crippen molar-refractivity contribution in [1.29, 1.82) is 0 Å². The van der Waals surface area contributed by atoms with Gasteiger partial charge in [0, 0.05) is 24.8 Å². The molecule has 276 valence electrons. The van der Waals surface area contributed by atoms with Crippen molar-refractivity contribution in [2.45, 2.75) is 56.5 Å². The first kappa shape index (κ1) is 37.1. The van der Waals surface area contributed by atoms with Gasteiger partial charge < -0.3 is 34.1 Å². The Morgan fingerprint density at radius 1 is 0.887 bits per heavy atom. The molecule has 0 aliphatic carbocycles. The summed E-state index contributed by atoms with van der Waals surface area (Å²) in [5.74, 6) is 1.30. The number of ether oxygens (including phenoxy) is 5. The molecule has 5 aromatic rings. The molecule has 4 aromatic carbocycles. The summed E-state index contributed by atoms with van der Waals surface area (Å²) in [7, 11) is 3.19. The highest BCUT2D eigenvalue weighted by molar-refractivity contribution is 5.67. The second-order valence-corrected chi connectivity index (χ2v) is 12.8. The van der Waals surface area contributed by atoms with Gasteiger partial charge in [-0.15, -0.1) is 0 Å². The first-order chi connectivity index (χ1) is 25.7. The van der Waals surface area contributed by atoms with E-state index in [1.165, 1.54) is 10.8 Å². The summed E-state index contributed by atoms with van der Waals surface area (Å²) < 4.78 is 31.9. The Kier molecular flexibility index (Phi) is 11.7. The number of alkyl carbamates (subject to hydrolysis) is 1. The molecule has 1 saturated heterocycles. The number of hydrogen-bond acceptors (Lipinski definition) is 9. The number of nitrogens with one attached hydrogen (secondary N) is 2. The van der Waals surface area contributed by atoms with Gasteiger partial charge in [-0.1, -0.05) is 84.9 Å². The molecule has 12 heteroatoms. The third-order valence-electron chi connectivity index (χ3n) is 9.42. The maximum Gasteiger partial charge on any atom is 0.407 e. The van der Waals surface area contributed by atoms with Crippen LogP contribution in [0.25, 0.3) is 0 Å². The highest BCUT2D eigenvalue weighted by atomic mass is 16.6. The van der Waals surface area contributed by atoms with Crippen molar-refractivity contribution in [3.05, 3.63) is 164 Å². The summed E-state index contributed by atoms with van der Waals surface area (Å²) in [6, 6.07) is 33.3. The Balaban J connectivity index is 1.44. The fraction of sp³-hybridized carbons (Fsp3) is 0.293. The van der Waals surface area contributed by atoms with Crippen LogP contribution in [0.3, 0.4) is 0 Å². The number of amides is 1. The van der Waals surface area contributed by atoms with Gasteiger partial charge in [-0.2, -0.15) is 0 Å². The van der Waals surface area contributed by atoms with E-state index in [1.807, 2.05) is 109 Å². The lowest BCUT2D eigenvalue weighted by Crippen LogP contribution is -2.50. The number of aromatic nitrogens is 2. The number of carbonyl (C=O) groups excluding carboxylic acids is 1. The number of aryl methyl sites for hydroxylation is 1. The van der Waals surface area contributed by atoms with E-state index in [1.54, 1.807) is 21.1 Å². The van der Waals surface area contributed by atoms with Gasteiger partial charge in [-0.25, -0.2) is 9.59 Å². The summed E-state index contributed by atoms with van der Waals surface area (Å²) in [5.41, 5.74) is 0.964. The molecule has 4 atom stereocenters. The number of hydrogen-bond donors (Lipinski definition) is 3. The van der Waals surface area contributed by atoms with Crippen molar-refractivity contribution in [2.24, 2.45) is 0 Å². The zero-order valence-electron chi connectivity index (χ0n) is 29.8. The standard InChI is InChI=1S/C41H43N3O9/c1-27-25-44(39(47)43-38(27)46)36-24-34(42-40(48)51-26-28-10-6-4-7-11-28)37(52-36)35(22-23-45)53-41(29-12-8-5-9-13-29,30-14-18-32(49-2)19-15-30)31-16-20-33(50-3)21-17-31/h4-21,25,34-37,45H,22-24,26H2,1-3H3,(H,42,48)(H,43,46,47)/t34-,35+,36+,37-/m0/s1. The molecule has 1 aromatic heterocycles. The first-order valence-electron chi connectivity index (χ1n) is 17.3. The van der Waals surface area contributed by atoms with Crippen LogP contribution in [0.5, 0.6) is 11.5 Å². The normalized spacial score (nSPS) is 17.5. The quantitative estimate of drug-likeness (QED) is 0.132. The lowest BCUT2D eigenvalue weighted by atomic mass is 9.79. The molecule has 2 heterocycles. The fourth-order valence-corrected chi connectivity index (χ4v) is 6.74. The Morgan fingerprint density at radius 3 is 2.02 bits per heavy atom. The highest BCUT2D eigenvalue weighted by Crippen LogP contribution is 2.45. The largest absolute Gasteiger partial charge is 0.497 e. The molecule has 12 nitrogen and oxygen atoms in total. The van der Waals surface area contributed by atoms with Gasteiger partial charge >= 0.3 is 11.8 Å². The van der Waals surface area contributed by atoms with Crippen LogP contribution in [0.4, 0.5) is 4.79 Å². The van der Waals surface area contributed by atoms with E-state index in [0.717, 1.165) is 22.3 Å². The van der Waals surface area contributed by atoms with Gasteiger partial charge in [0.15, 0.2) is 0 Å². The van der Waals surface area contributed by atoms with E-state index in [-0.39, 0.29) is 26.1 Å². The fourth-order valence-electron chi connectivity index (χ4n) is 6.74. The molecule has 0 bridgehead atoms. The molecule has 6 rings (SSSR count). The highest BCUT2D eigenvalue weighted by Gasteiger charge is 2.48. The second-order valence-electron chi connectivity index (χ2n) is 12.8. The van der Waals surface area contributed by atoms with Crippen molar-refractivity contribution >= 4 is 6.09 Å². The van der Waals surface area contributed by atoms with Gasteiger partial charge in [0.05, 0.1) is 26.4 Å². The minimum Gasteiger partial charge on any atom is -0.497 e. The van der Waals surface area contributed by atoms with Gasteiger partial charge in [-0.05, 0) is 59.9 Å². The number of benzene rings is 4. The van der Waals surface area contributed by atoms with E-state index in [2.05, 4.69) is 10.3 Å². The number of aliphatic hydroxyl groups excluding tert-OH is 1. The summed E-state index contributed by atoms with van der Waals surface area (Å²) in [6.45, 7) is 1.34. The van der Waals surface area contributed by atoms with E-state index < -0.39 is 47.4 Å². The molecule has 0 radical (unpaired) electrons. The monoisotopic (exact) mass is 721 g/mol. The van der Waals surface area contributed by atoms with Crippen LogP contribution in [-0.4, -0.2) is 59.8 Å². The molecule has 53 heavy (non-hydrogen) atoms. The topological polar surface area (TPSA) is 150 Å². The van der Waals surface area contributed by atoms with E-state index in [9.17, 15) is 19.5 Å².